The Labute approximate surface area is 63.2 Å². The minimum atomic E-state index is -0.169. The van der Waals surface area contributed by atoms with Gasteiger partial charge in [-0.25, -0.2) is 4.57 Å². The summed E-state index contributed by atoms with van der Waals surface area (Å²) in [6.45, 7) is 2.00. The lowest BCUT2D eigenvalue weighted by molar-refractivity contribution is 0.172. The summed E-state index contributed by atoms with van der Waals surface area (Å²) in [5.41, 5.74) is 0. The van der Waals surface area contributed by atoms with E-state index in [1.807, 2.05) is 6.92 Å². The summed E-state index contributed by atoms with van der Waals surface area (Å²) in [6, 6.07) is 0. The van der Waals surface area contributed by atoms with Gasteiger partial charge in [-0.15, -0.1) is 0 Å². The highest BCUT2D eigenvalue weighted by Crippen LogP contribution is 2.30. The van der Waals surface area contributed by atoms with Crippen LogP contribution in [0.1, 0.15) is 32.6 Å². The van der Waals surface area contributed by atoms with Crippen molar-refractivity contribution in [2.24, 2.45) is 5.92 Å². The molecular formula is C7H13O2P. The summed E-state index contributed by atoms with van der Waals surface area (Å²) in [5.74, 6) is 0.654. The average Bonchev–Trinajstić information content (AvgIpc) is 2.38. The van der Waals surface area contributed by atoms with Crippen LogP contribution in [0, 0.1) is 5.92 Å². The third kappa shape index (κ3) is 2.03. The molecule has 0 bridgehead atoms. The fourth-order valence-electron chi connectivity index (χ4n) is 1.58. The minimum absolute atomic E-state index is 0.169. The van der Waals surface area contributed by atoms with E-state index in [-0.39, 0.29) is 14.8 Å². The smallest absolute Gasteiger partial charge is 0.291 e. The first-order chi connectivity index (χ1) is 4.84. The summed E-state index contributed by atoms with van der Waals surface area (Å²) in [5, 5.41) is 0. The van der Waals surface area contributed by atoms with E-state index in [1.165, 1.54) is 25.7 Å². The molecule has 1 fully saturated rings. The van der Waals surface area contributed by atoms with Gasteiger partial charge >= 0.3 is 8.69 Å². The molecule has 1 saturated carbocycles. The zero-order valence-electron chi connectivity index (χ0n) is 6.25. The molecule has 1 aliphatic rings. The van der Waals surface area contributed by atoms with Gasteiger partial charge in [-0.1, -0.05) is 12.8 Å². The molecule has 0 N–H and O–H groups in total. The van der Waals surface area contributed by atoms with Crippen molar-refractivity contribution in [2.45, 2.75) is 38.7 Å². The molecule has 0 aliphatic heterocycles. The Morgan fingerprint density at radius 3 is 2.60 bits per heavy atom. The Morgan fingerprint density at radius 2 is 2.10 bits per heavy atom. The third-order valence-corrected chi connectivity index (χ3v) is 2.69. The van der Waals surface area contributed by atoms with Crippen molar-refractivity contribution in [3.8, 4) is 0 Å². The van der Waals surface area contributed by atoms with Crippen LogP contribution >= 0.6 is 8.69 Å². The maximum Gasteiger partial charge on any atom is 0.327 e. The highest BCUT2D eigenvalue weighted by molar-refractivity contribution is 7.17. The summed E-state index contributed by atoms with van der Waals surface area (Å²) >= 11 is 0. The largest absolute Gasteiger partial charge is 0.327 e. The first kappa shape index (κ1) is 8.16. The van der Waals surface area contributed by atoms with Crippen LogP contribution in [0.25, 0.3) is 0 Å². The Bertz CT molecular complexity index is 110. The SMILES string of the molecule is CC(OP=O)C1CCCC1. The van der Waals surface area contributed by atoms with Crippen molar-refractivity contribution in [2.75, 3.05) is 0 Å². The van der Waals surface area contributed by atoms with Gasteiger partial charge in [0.05, 0.1) is 6.10 Å². The van der Waals surface area contributed by atoms with E-state index in [0.717, 1.165) is 0 Å². The Morgan fingerprint density at radius 1 is 1.50 bits per heavy atom. The Hall–Kier alpha value is 0.0600. The van der Waals surface area contributed by atoms with Gasteiger partial charge in [0.25, 0.3) is 0 Å². The first-order valence-corrected chi connectivity index (χ1v) is 4.56. The predicted molar refractivity (Wildman–Crippen MR) is 40.1 cm³/mol. The highest BCUT2D eigenvalue weighted by atomic mass is 31.1. The van der Waals surface area contributed by atoms with Crippen LogP contribution < -0.4 is 0 Å². The van der Waals surface area contributed by atoms with E-state index in [4.69, 9.17) is 4.52 Å². The van der Waals surface area contributed by atoms with E-state index in [1.54, 1.807) is 0 Å². The van der Waals surface area contributed by atoms with Crippen LogP contribution in [0.15, 0.2) is 0 Å². The fourth-order valence-corrected chi connectivity index (χ4v) is 1.89. The zero-order chi connectivity index (χ0) is 7.40. The van der Waals surface area contributed by atoms with E-state index in [0.29, 0.717) is 5.92 Å². The molecule has 1 unspecified atom stereocenters. The predicted octanol–water partition coefficient (Wildman–Crippen LogP) is 2.79. The summed E-state index contributed by atoms with van der Waals surface area (Å²) in [6.07, 6.45) is 5.30. The maximum absolute atomic E-state index is 10.0. The molecule has 0 radical (unpaired) electrons. The van der Waals surface area contributed by atoms with Crippen molar-refractivity contribution in [3.05, 3.63) is 0 Å². The molecule has 0 saturated heterocycles. The normalized spacial score (nSPS) is 23.7. The maximum atomic E-state index is 10.0. The molecule has 1 aliphatic carbocycles. The van der Waals surface area contributed by atoms with E-state index >= 15 is 0 Å². The van der Waals surface area contributed by atoms with Gasteiger partial charge in [0.1, 0.15) is 0 Å². The van der Waals surface area contributed by atoms with Crippen molar-refractivity contribution >= 4 is 8.69 Å². The fraction of sp³-hybridized carbons (Fsp3) is 1.00. The van der Waals surface area contributed by atoms with Crippen LogP contribution in [0.4, 0.5) is 0 Å². The van der Waals surface area contributed by atoms with Gasteiger partial charge in [0.2, 0.25) is 0 Å². The third-order valence-electron chi connectivity index (χ3n) is 2.27. The van der Waals surface area contributed by atoms with E-state index < -0.39 is 0 Å². The second-order valence-corrected chi connectivity index (χ2v) is 3.29. The quantitative estimate of drug-likeness (QED) is 0.593. The second kappa shape index (κ2) is 4.05. The van der Waals surface area contributed by atoms with Gasteiger partial charge in [-0.05, 0) is 25.7 Å². The topological polar surface area (TPSA) is 26.3 Å². The highest BCUT2D eigenvalue weighted by Gasteiger charge is 2.21. The Balaban J connectivity index is 2.24. The molecule has 0 aromatic heterocycles. The van der Waals surface area contributed by atoms with Crippen LogP contribution in [-0.4, -0.2) is 6.10 Å². The van der Waals surface area contributed by atoms with Crippen LogP contribution in [0.2, 0.25) is 0 Å². The van der Waals surface area contributed by atoms with Gasteiger partial charge in [0, 0.05) is 0 Å². The lowest BCUT2D eigenvalue weighted by atomic mass is 10.0. The molecule has 0 aromatic rings. The molecule has 2 nitrogen and oxygen atoms in total. The summed E-state index contributed by atoms with van der Waals surface area (Å²) in [4.78, 5) is 0. The molecule has 0 aromatic carbocycles. The van der Waals surface area contributed by atoms with Crippen molar-refractivity contribution in [1.82, 2.24) is 0 Å². The van der Waals surface area contributed by atoms with Crippen LogP contribution in [-0.2, 0) is 9.09 Å². The summed E-state index contributed by atoms with van der Waals surface area (Å²) in [7, 11) is -0.169. The molecule has 10 heavy (non-hydrogen) atoms. The van der Waals surface area contributed by atoms with Crippen molar-refractivity contribution < 1.29 is 9.09 Å². The molecule has 58 valence electrons. The minimum Gasteiger partial charge on any atom is -0.291 e. The van der Waals surface area contributed by atoms with E-state index in [9.17, 15) is 4.57 Å². The lowest BCUT2D eigenvalue weighted by Crippen LogP contribution is -2.13. The van der Waals surface area contributed by atoms with Gasteiger partial charge in [-0.3, -0.25) is 4.52 Å². The molecule has 3 heteroatoms. The van der Waals surface area contributed by atoms with Crippen molar-refractivity contribution in [1.29, 1.82) is 0 Å². The molecule has 0 amide bonds. The zero-order valence-corrected chi connectivity index (χ0v) is 7.14. The monoisotopic (exact) mass is 160 g/mol. The van der Waals surface area contributed by atoms with Gasteiger partial charge in [0.15, 0.2) is 0 Å². The second-order valence-electron chi connectivity index (χ2n) is 2.93. The standard InChI is InChI=1S/C7H13O2P/c1-6(9-10-8)7-4-2-3-5-7/h6-7H,2-5H2,1H3. The van der Waals surface area contributed by atoms with Crippen LogP contribution in [0.5, 0.6) is 0 Å². The molecule has 1 atom stereocenters. The molecular weight excluding hydrogens is 147 g/mol. The molecule has 0 spiro atoms. The molecule has 0 heterocycles. The number of rotatable bonds is 3. The number of hydrogen-bond donors (Lipinski definition) is 0. The van der Waals surface area contributed by atoms with E-state index in [2.05, 4.69) is 0 Å². The molecule has 1 rings (SSSR count). The van der Waals surface area contributed by atoms with Gasteiger partial charge < -0.3 is 0 Å². The lowest BCUT2D eigenvalue weighted by Gasteiger charge is -2.14. The first-order valence-electron chi connectivity index (χ1n) is 3.83. The van der Waals surface area contributed by atoms with Gasteiger partial charge in [-0.2, -0.15) is 0 Å². The average molecular weight is 160 g/mol. The summed E-state index contributed by atoms with van der Waals surface area (Å²) < 4.78 is 15.0. The Kier molecular flexibility index (Phi) is 3.30. The number of hydrogen-bond acceptors (Lipinski definition) is 2. The van der Waals surface area contributed by atoms with Crippen LogP contribution in [0.3, 0.4) is 0 Å². The van der Waals surface area contributed by atoms with Crippen molar-refractivity contribution in [3.63, 3.8) is 0 Å².